The van der Waals surface area contributed by atoms with Gasteiger partial charge in [-0.05, 0) is 12.8 Å². The van der Waals surface area contributed by atoms with E-state index in [0.717, 1.165) is 6.42 Å². The monoisotopic (exact) mass is 196 g/mol. The van der Waals surface area contributed by atoms with Gasteiger partial charge in [-0.15, -0.1) is 12.3 Å². The van der Waals surface area contributed by atoms with Gasteiger partial charge in [-0.1, -0.05) is 0 Å². The van der Waals surface area contributed by atoms with Crippen LogP contribution < -0.4 is 11.1 Å². The molecule has 0 saturated carbocycles. The Morgan fingerprint density at radius 2 is 2.50 bits per heavy atom. The number of nitrogens with two attached hydrogens (primary N) is 1. The van der Waals surface area contributed by atoms with Gasteiger partial charge in [0.15, 0.2) is 0 Å². The largest absolute Gasteiger partial charge is 0.379 e. The van der Waals surface area contributed by atoms with Gasteiger partial charge < -0.3 is 15.8 Å². The van der Waals surface area contributed by atoms with Gasteiger partial charge in [0, 0.05) is 19.6 Å². The first-order valence-electron chi connectivity index (χ1n) is 4.77. The second-order valence-corrected chi connectivity index (χ2v) is 3.52. The van der Waals surface area contributed by atoms with E-state index in [1.165, 1.54) is 0 Å². The van der Waals surface area contributed by atoms with Gasteiger partial charge in [-0.3, -0.25) is 4.79 Å². The Labute approximate surface area is 84.2 Å². The molecule has 1 amide bonds. The third kappa shape index (κ3) is 2.72. The fourth-order valence-corrected chi connectivity index (χ4v) is 1.33. The summed E-state index contributed by atoms with van der Waals surface area (Å²) in [5, 5.41) is 2.76. The molecule has 1 heterocycles. The molecule has 3 N–H and O–H groups in total. The summed E-state index contributed by atoms with van der Waals surface area (Å²) >= 11 is 0. The van der Waals surface area contributed by atoms with Crippen LogP contribution in [0.5, 0.6) is 0 Å². The number of carbonyl (C=O) groups is 1. The molecule has 0 aromatic heterocycles. The summed E-state index contributed by atoms with van der Waals surface area (Å²) in [6, 6.07) is 0. The zero-order valence-electron chi connectivity index (χ0n) is 8.21. The molecule has 1 aliphatic rings. The highest BCUT2D eigenvalue weighted by Gasteiger charge is 2.37. The summed E-state index contributed by atoms with van der Waals surface area (Å²) in [7, 11) is 0. The number of terminal acetylenes is 1. The normalized spacial score (nSPS) is 25.7. The highest BCUT2D eigenvalue weighted by molar-refractivity contribution is 5.86. The van der Waals surface area contributed by atoms with Gasteiger partial charge in [-0.2, -0.15) is 0 Å². The molecule has 1 unspecified atom stereocenters. The second kappa shape index (κ2) is 4.99. The number of ether oxygens (including phenoxy) is 1. The standard InChI is InChI=1S/C10H16N2O2/c1-2-3-4-6-12-9(13)10(11)5-7-14-8-10/h1H,3-8,11H2,(H,12,13). The topological polar surface area (TPSA) is 64.4 Å². The van der Waals surface area contributed by atoms with E-state index in [-0.39, 0.29) is 5.91 Å². The minimum absolute atomic E-state index is 0.132. The Morgan fingerprint density at radius 3 is 3.07 bits per heavy atom. The van der Waals surface area contributed by atoms with Crippen molar-refractivity contribution in [3.63, 3.8) is 0 Å². The van der Waals surface area contributed by atoms with Crippen LogP contribution in [0.2, 0.25) is 0 Å². The van der Waals surface area contributed by atoms with Crippen LogP contribution in [0.25, 0.3) is 0 Å². The minimum Gasteiger partial charge on any atom is -0.379 e. The molecule has 0 bridgehead atoms. The fraction of sp³-hybridized carbons (Fsp3) is 0.700. The predicted octanol–water partition coefficient (Wildman–Crippen LogP) is -0.366. The lowest BCUT2D eigenvalue weighted by atomic mass is 9.99. The third-order valence-electron chi connectivity index (χ3n) is 2.29. The fourth-order valence-electron chi connectivity index (χ4n) is 1.33. The van der Waals surface area contributed by atoms with Crippen molar-refractivity contribution in [2.75, 3.05) is 19.8 Å². The van der Waals surface area contributed by atoms with Crippen molar-refractivity contribution in [2.24, 2.45) is 5.73 Å². The van der Waals surface area contributed by atoms with Gasteiger partial charge in [0.1, 0.15) is 5.54 Å². The van der Waals surface area contributed by atoms with E-state index in [1.807, 2.05) is 0 Å². The van der Waals surface area contributed by atoms with Crippen LogP contribution in [0.4, 0.5) is 0 Å². The van der Waals surface area contributed by atoms with Crippen LogP contribution in [0.15, 0.2) is 0 Å². The summed E-state index contributed by atoms with van der Waals surface area (Å²) in [6.07, 6.45) is 7.14. The summed E-state index contributed by atoms with van der Waals surface area (Å²) in [5.41, 5.74) is 5.02. The molecule has 0 aliphatic carbocycles. The molecule has 0 spiro atoms. The van der Waals surface area contributed by atoms with Crippen LogP contribution in [0.3, 0.4) is 0 Å². The van der Waals surface area contributed by atoms with Gasteiger partial charge >= 0.3 is 0 Å². The molecule has 78 valence electrons. The highest BCUT2D eigenvalue weighted by Crippen LogP contribution is 2.15. The number of hydrogen-bond donors (Lipinski definition) is 2. The molecular formula is C10H16N2O2. The van der Waals surface area contributed by atoms with Crippen LogP contribution >= 0.6 is 0 Å². The van der Waals surface area contributed by atoms with Crippen LogP contribution in [0.1, 0.15) is 19.3 Å². The Bertz CT molecular complexity index is 239. The smallest absolute Gasteiger partial charge is 0.242 e. The van der Waals surface area contributed by atoms with E-state index in [4.69, 9.17) is 16.9 Å². The minimum atomic E-state index is -0.823. The van der Waals surface area contributed by atoms with Crippen molar-refractivity contribution in [2.45, 2.75) is 24.8 Å². The van der Waals surface area contributed by atoms with Crippen LogP contribution in [0, 0.1) is 12.3 Å². The van der Waals surface area contributed by atoms with Crippen molar-refractivity contribution in [1.29, 1.82) is 0 Å². The molecule has 4 heteroatoms. The predicted molar refractivity (Wildman–Crippen MR) is 53.4 cm³/mol. The lowest BCUT2D eigenvalue weighted by molar-refractivity contribution is -0.126. The van der Waals surface area contributed by atoms with Gasteiger partial charge in [0.05, 0.1) is 6.61 Å². The lowest BCUT2D eigenvalue weighted by Gasteiger charge is -2.20. The molecular weight excluding hydrogens is 180 g/mol. The van der Waals surface area contributed by atoms with E-state index in [0.29, 0.717) is 32.6 Å². The van der Waals surface area contributed by atoms with Crippen molar-refractivity contribution < 1.29 is 9.53 Å². The first kappa shape index (κ1) is 11.0. The Hall–Kier alpha value is -1.05. The second-order valence-electron chi connectivity index (χ2n) is 3.52. The SMILES string of the molecule is C#CCCCNC(=O)C1(N)CCOC1. The van der Waals surface area contributed by atoms with E-state index in [9.17, 15) is 4.79 Å². The highest BCUT2D eigenvalue weighted by atomic mass is 16.5. The molecule has 0 aromatic rings. The lowest BCUT2D eigenvalue weighted by Crippen LogP contribution is -2.54. The third-order valence-corrected chi connectivity index (χ3v) is 2.29. The zero-order valence-corrected chi connectivity index (χ0v) is 8.21. The van der Waals surface area contributed by atoms with Crippen molar-refractivity contribution in [1.82, 2.24) is 5.32 Å². The molecule has 0 aromatic carbocycles. The molecule has 14 heavy (non-hydrogen) atoms. The van der Waals surface area contributed by atoms with Crippen molar-refractivity contribution in [3.8, 4) is 12.3 Å². The van der Waals surface area contributed by atoms with Gasteiger partial charge in [0.25, 0.3) is 0 Å². The maximum Gasteiger partial charge on any atom is 0.242 e. The van der Waals surface area contributed by atoms with Crippen molar-refractivity contribution in [3.05, 3.63) is 0 Å². The van der Waals surface area contributed by atoms with Gasteiger partial charge in [-0.25, -0.2) is 0 Å². The molecule has 1 rings (SSSR count). The number of carbonyl (C=O) groups excluding carboxylic acids is 1. The molecule has 1 saturated heterocycles. The van der Waals surface area contributed by atoms with E-state index in [2.05, 4.69) is 11.2 Å². The zero-order chi connectivity index (χ0) is 10.4. The van der Waals surface area contributed by atoms with E-state index < -0.39 is 5.54 Å². The summed E-state index contributed by atoms with van der Waals surface area (Å²) < 4.78 is 5.09. The van der Waals surface area contributed by atoms with Crippen LogP contribution in [-0.4, -0.2) is 31.2 Å². The average Bonchev–Trinajstić information content (AvgIpc) is 2.61. The first-order chi connectivity index (χ1) is 6.69. The number of unbranched alkanes of at least 4 members (excludes halogenated alkanes) is 1. The molecule has 1 fully saturated rings. The summed E-state index contributed by atoms with van der Waals surface area (Å²) in [6.45, 7) is 1.46. The number of nitrogens with one attached hydrogen (secondary N) is 1. The van der Waals surface area contributed by atoms with E-state index in [1.54, 1.807) is 0 Å². The summed E-state index contributed by atoms with van der Waals surface area (Å²) in [5.74, 6) is 2.38. The number of amides is 1. The quantitative estimate of drug-likeness (QED) is 0.476. The average molecular weight is 196 g/mol. The molecule has 1 atom stereocenters. The Morgan fingerprint density at radius 1 is 1.71 bits per heavy atom. The Balaban J connectivity index is 2.24. The first-order valence-corrected chi connectivity index (χ1v) is 4.77. The van der Waals surface area contributed by atoms with Gasteiger partial charge in [0.2, 0.25) is 5.91 Å². The maximum absolute atomic E-state index is 11.6. The molecule has 1 aliphatic heterocycles. The summed E-state index contributed by atoms with van der Waals surface area (Å²) in [4.78, 5) is 11.6. The van der Waals surface area contributed by atoms with Crippen LogP contribution in [-0.2, 0) is 9.53 Å². The Kier molecular flexibility index (Phi) is 3.93. The van der Waals surface area contributed by atoms with E-state index >= 15 is 0 Å². The number of rotatable bonds is 4. The maximum atomic E-state index is 11.6. The molecule has 4 nitrogen and oxygen atoms in total. The molecule has 0 radical (unpaired) electrons. The number of hydrogen-bond acceptors (Lipinski definition) is 3. The van der Waals surface area contributed by atoms with Crippen molar-refractivity contribution >= 4 is 5.91 Å².